The molecule has 1 heterocycles. The highest BCUT2D eigenvalue weighted by atomic mass is 16.5. The molecule has 0 saturated carbocycles. The number of anilines is 1. The normalized spacial score (nSPS) is 14.5. The zero-order valence-electron chi connectivity index (χ0n) is 9.21. The van der Waals surface area contributed by atoms with Gasteiger partial charge in [-0.05, 0) is 19.1 Å². The molecule has 5 nitrogen and oxygen atoms in total. The maximum Gasteiger partial charge on any atom is 0.258 e. The molecular formula is C12H11NO4. The Morgan fingerprint density at radius 1 is 1.24 bits per heavy atom. The minimum atomic E-state index is -0.415. The number of phenols is 1. The van der Waals surface area contributed by atoms with Gasteiger partial charge in [0.05, 0.1) is 12.3 Å². The zero-order chi connectivity index (χ0) is 12.4. The van der Waals surface area contributed by atoms with Crippen molar-refractivity contribution in [2.75, 3.05) is 11.5 Å². The van der Waals surface area contributed by atoms with Gasteiger partial charge in [0.1, 0.15) is 11.5 Å². The van der Waals surface area contributed by atoms with E-state index in [1.807, 2.05) is 0 Å². The Hall–Kier alpha value is -2.30. The topological polar surface area (TPSA) is 66.8 Å². The molecule has 0 aliphatic carbocycles. The molecule has 2 rings (SSSR count). The lowest BCUT2D eigenvalue weighted by Crippen LogP contribution is -2.29. The standard InChI is InChI=1S/C12H11NO4/c1-2-17-10-7-8(14)3-4-9(10)13-11(15)5-6-12(13)16/h3-7,14H,2H2,1H3. The summed E-state index contributed by atoms with van der Waals surface area (Å²) in [7, 11) is 0. The number of hydrogen-bond acceptors (Lipinski definition) is 4. The summed E-state index contributed by atoms with van der Waals surface area (Å²) >= 11 is 0. The van der Waals surface area contributed by atoms with E-state index in [1.165, 1.54) is 30.4 Å². The summed E-state index contributed by atoms with van der Waals surface area (Å²) in [5.41, 5.74) is 0.338. The van der Waals surface area contributed by atoms with Crippen LogP contribution in [0.15, 0.2) is 30.4 Å². The second kappa shape index (κ2) is 4.29. The number of hydrogen-bond donors (Lipinski definition) is 1. The molecule has 88 valence electrons. The Kier molecular flexibility index (Phi) is 2.82. The lowest BCUT2D eigenvalue weighted by molar-refractivity contribution is -0.120. The van der Waals surface area contributed by atoms with Crippen molar-refractivity contribution in [1.82, 2.24) is 0 Å². The smallest absolute Gasteiger partial charge is 0.258 e. The molecule has 0 unspecified atom stereocenters. The minimum Gasteiger partial charge on any atom is -0.508 e. The van der Waals surface area contributed by atoms with E-state index in [0.717, 1.165) is 4.90 Å². The first kappa shape index (κ1) is 11.2. The monoisotopic (exact) mass is 233 g/mol. The maximum atomic E-state index is 11.5. The van der Waals surface area contributed by atoms with E-state index in [1.54, 1.807) is 6.92 Å². The van der Waals surface area contributed by atoms with Gasteiger partial charge in [0.2, 0.25) is 0 Å². The lowest BCUT2D eigenvalue weighted by Gasteiger charge is -2.18. The van der Waals surface area contributed by atoms with Crippen LogP contribution in [0.4, 0.5) is 5.69 Å². The summed E-state index contributed by atoms with van der Waals surface area (Å²) in [6.07, 6.45) is 2.40. The fraction of sp³-hybridized carbons (Fsp3) is 0.167. The fourth-order valence-corrected chi connectivity index (χ4v) is 1.60. The molecular weight excluding hydrogens is 222 g/mol. The quantitative estimate of drug-likeness (QED) is 0.797. The zero-order valence-corrected chi connectivity index (χ0v) is 9.21. The van der Waals surface area contributed by atoms with Crippen LogP contribution in [0.5, 0.6) is 11.5 Å². The van der Waals surface area contributed by atoms with E-state index in [0.29, 0.717) is 18.0 Å². The predicted octanol–water partition coefficient (Wildman–Crippen LogP) is 1.22. The number of phenolic OH excluding ortho intramolecular Hbond substituents is 1. The first-order chi connectivity index (χ1) is 8.13. The Morgan fingerprint density at radius 3 is 2.47 bits per heavy atom. The Balaban J connectivity index is 2.44. The van der Waals surface area contributed by atoms with Crippen LogP contribution in [0.1, 0.15) is 6.92 Å². The first-order valence-corrected chi connectivity index (χ1v) is 5.15. The van der Waals surface area contributed by atoms with Gasteiger partial charge >= 0.3 is 0 Å². The van der Waals surface area contributed by atoms with Crippen LogP contribution in [0, 0.1) is 0 Å². The third kappa shape index (κ3) is 1.99. The Labute approximate surface area is 97.9 Å². The SMILES string of the molecule is CCOc1cc(O)ccc1N1C(=O)C=CC1=O. The molecule has 2 amide bonds. The second-order valence-corrected chi connectivity index (χ2v) is 3.43. The second-order valence-electron chi connectivity index (χ2n) is 3.43. The first-order valence-electron chi connectivity index (χ1n) is 5.15. The van der Waals surface area contributed by atoms with Crippen molar-refractivity contribution in [2.45, 2.75) is 6.92 Å². The molecule has 0 bridgehead atoms. The molecule has 17 heavy (non-hydrogen) atoms. The van der Waals surface area contributed by atoms with Gasteiger partial charge < -0.3 is 9.84 Å². The number of carbonyl (C=O) groups is 2. The van der Waals surface area contributed by atoms with Gasteiger partial charge in [0, 0.05) is 18.2 Å². The van der Waals surface area contributed by atoms with Crippen molar-refractivity contribution in [3.05, 3.63) is 30.4 Å². The molecule has 0 saturated heterocycles. The summed E-state index contributed by atoms with van der Waals surface area (Å²) in [5, 5.41) is 9.35. The molecule has 1 N–H and O–H groups in total. The average Bonchev–Trinajstić information content (AvgIpc) is 2.61. The van der Waals surface area contributed by atoms with Gasteiger partial charge in [0.25, 0.3) is 11.8 Å². The molecule has 0 spiro atoms. The number of nitrogens with zero attached hydrogens (tertiary/aromatic N) is 1. The van der Waals surface area contributed by atoms with Crippen LogP contribution >= 0.6 is 0 Å². The summed E-state index contributed by atoms with van der Waals surface area (Å²) in [6.45, 7) is 2.15. The van der Waals surface area contributed by atoms with Crippen LogP contribution in [0.2, 0.25) is 0 Å². The number of ether oxygens (including phenoxy) is 1. The van der Waals surface area contributed by atoms with Gasteiger partial charge in [-0.25, -0.2) is 4.90 Å². The number of imide groups is 1. The van der Waals surface area contributed by atoms with Gasteiger partial charge in [-0.15, -0.1) is 0 Å². The third-order valence-corrected chi connectivity index (χ3v) is 2.29. The molecule has 0 atom stereocenters. The van der Waals surface area contributed by atoms with Crippen molar-refractivity contribution >= 4 is 17.5 Å². The molecule has 1 aromatic carbocycles. The van der Waals surface area contributed by atoms with Crippen molar-refractivity contribution in [1.29, 1.82) is 0 Å². The lowest BCUT2D eigenvalue weighted by atomic mass is 10.2. The highest BCUT2D eigenvalue weighted by Gasteiger charge is 2.27. The minimum absolute atomic E-state index is 0.0178. The van der Waals surface area contributed by atoms with E-state index in [-0.39, 0.29) is 5.75 Å². The van der Waals surface area contributed by atoms with Gasteiger partial charge in [-0.2, -0.15) is 0 Å². The molecule has 1 aliphatic heterocycles. The molecule has 0 fully saturated rings. The van der Waals surface area contributed by atoms with Gasteiger partial charge in [-0.1, -0.05) is 0 Å². The summed E-state index contributed by atoms with van der Waals surface area (Å²) in [4.78, 5) is 24.1. The molecule has 1 aliphatic rings. The van der Waals surface area contributed by atoms with Crippen LogP contribution in [0.25, 0.3) is 0 Å². The van der Waals surface area contributed by atoms with E-state index in [4.69, 9.17) is 4.74 Å². The Morgan fingerprint density at radius 2 is 1.88 bits per heavy atom. The van der Waals surface area contributed by atoms with Crippen molar-refractivity contribution in [2.24, 2.45) is 0 Å². The van der Waals surface area contributed by atoms with Crippen molar-refractivity contribution in [3.63, 3.8) is 0 Å². The van der Waals surface area contributed by atoms with E-state index in [9.17, 15) is 14.7 Å². The molecule has 0 aromatic heterocycles. The predicted molar refractivity (Wildman–Crippen MR) is 60.9 cm³/mol. The van der Waals surface area contributed by atoms with E-state index < -0.39 is 11.8 Å². The maximum absolute atomic E-state index is 11.5. The summed E-state index contributed by atoms with van der Waals surface area (Å²) in [6, 6.07) is 4.25. The number of carbonyl (C=O) groups excluding carboxylic acids is 2. The third-order valence-electron chi connectivity index (χ3n) is 2.29. The average molecular weight is 233 g/mol. The number of benzene rings is 1. The van der Waals surface area contributed by atoms with E-state index >= 15 is 0 Å². The Bertz CT molecular complexity index is 489. The van der Waals surface area contributed by atoms with Gasteiger partial charge in [-0.3, -0.25) is 9.59 Å². The van der Waals surface area contributed by atoms with Gasteiger partial charge in [0.15, 0.2) is 0 Å². The fourth-order valence-electron chi connectivity index (χ4n) is 1.60. The molecule has 5 heteroatoms. The molecule has 1 aromatic rings. The largest absolute Gasteiger partial charge is 0.508 e. The highest BCUT2D eigenvalue weighted by Crippen LogP contribution is 2.33. The van der Waals surface area contributed by atoms with Crippen LogP contribution in [-0.2, 0) is 9.59 Å². The van der Waals surface area contributed by atoms with Crippen molar-refractivity contribution < 1.29 is 19.4 Å². The number of aromatic hydroxyl groups is 1. The van der Waals surface area contributed by atoms with E-state index in [2.05, 4.69) is 0 Å². The summed E-state index contributed by atoms with van der Waals surface area (Å²) < 4.78 is 5.29. The number of amides is 2. The highest BCUT2D eigenvalue weighted by molar-refractivity contribution is 6.28. The van der Waals surface area contributed by atoms with Crippen molar-refractivity contribution in [3.8, 4) is 11.5 Å². The van der Waals surface area contributed by atoms with Crippen LogP contribution in [-0.4, -0.2) is 23.5 Å². The van der Waals surface area contributed by atoms with Crippen LogP contribution < -0.4 is 9.64 Å². The molecule has 0 radical (unpaired) electrons. The summed E-state index contributed by atoms with van der Waals surface area (Å²) in [5.74, 6) is -0.509. The van der Waals surface area contributed by atoms with Crippen LogP contribution in [0.3, 0.4) is 0 Å². The number of rotatable bonds is 3.